The molecule has 0 fully saturated rings. The van der Waals surface area contributed by atoms with Gasteiger partial charge in [-0.05, 0) is 24.3 Å². The van der Waals surface area contributed by atoms with Crippen LogP contribution < -0.4 is 5.32 Å². The van der Waals surface area contributed by atoms with E-state index in [0.29, 0.717) is 22.0 Å². The number of carbonyl (C=O) groups is 1. The van der Waals surface area contributed by atoms with Crippen LogP contribution in [0.25, 0.3) is 0 Å². The van der Waals surface area contributed by atoms with Crippen molar-refractivity contribution in [2.45, 2.75) is 0 Å². The predicted octanol–water partition coefficient (Wildman–Crippen LogP) is 3.05. The van der Waals surface area contributed by atoms with Crippen LogP contribution >= 0.6 is 11.6 Å². The van der Waals surface area contributed by atoms with Crippen LogP contribution in [0.1, 0.15) is 15.9 Å². The van der Waals surface area contributed by atoms with E-state index in [4.69, 9.17) is 22.0 Å². The third-order valence-electron chi connectivity index (χ3n) is 2.42. The molecule has 1 heterocycles. The summed E-state index contributed by atoms with van der Waals surface area (Å²) < 4.78 is 0. The summed E-state index contributed by atoms with van der Waals surface area (Å²) in [6, 6.07) is 8.28. The van der Waals surface area contributed by atoms with Crippen LogP contribution in [0, 0.1) is 11.3 Å². The third kappa shape index (κ3) is 2.81. The number of rotatable bonds is 3. The van der Waals surface area contributed by atoms with E-state index in [1.165, 1.54) is 12.4 Å². The van der Waals surface area contributed by atoms with Gasteiger partial charge in [-0.1, -0.05) is 11.6 Å². The number of carboxylic acids is 1. The largest absolute Gasteiger partial charge is 0.478 e. The summed E-state index contributed by atoms with van der Waals surface area (Å²) in [4.78, 5) is 14.8. The topological polar surface area (TPSA) is 86.0 Å². The Morgan fingerprint density at radius 1 is 1.42 bits per heavy atom. The van der Waals surface area contributed by atoms with E-state index in [2.05, 4.69) is 10.3 Å². The first-order valence-corrected chi connectivity index (χ1v) is 5.63. The van der Waals surface area contributed by atoms with Crippen molar-refractivity contribution in [3.8, 4) is 6.07 Å². The lowest BCUT2D eigenvalue weighted by atomic mass is 10.2. The molecule has 0 aliphatic heterocycles. The van der Waals surface area contributed by atoms with Crippen LogP contribution in [0.15, 0.2) is 36.7 Å². The van der Waals surface area contributed by atoms with Crippen molar-refractivity contribution >= 4 is 28.9 Å². The number of pyridine rings is 1. The highest BCUT2D eigenvalue weighted by atomic mass is 35.5. The van der Waals surface area contributed by atoms with Crippen molar-refractivity contribution in [1.82, 2.24) is 4.98 Å². The van der Waals surface area contributed by atoms with Gasteiger partial charge < -0.3 is 10.4 Å². The zero-order valence-electron chi connectivity index (χ0n) is 9.59. The lowest BCUT2D eigenvalue weighted by Crippen LogP contribution is -2.03. The quantitative estimate of drug-likeness (QED) is 0.897. The maximum atomic E-state index is 11.0. The molecule has 0 unspecified atom stereocenters. The van der Waals surface area contributed by atoms with Gasteiger partial charge in [-0.2, -0.15) is 5.26 Å². The minimum absolute atomic E-state index is 0.0583. The monoisotopic (exact) mass is 273 g/mol. The summed E-state index contributed by atoms with van der Waals surface area (Å²) in [7, 11) is 0. The Labute approximate surface area is 114 Å². The number of halogens is 1. The van der Waals surface area contributed by atoms with Gasteiger partial charge >= 0.3 is 5.97 Å². The normalized spacial score (nSPS) is 9.68. The summed E-state index contributed by atoms with van der Waals surface area (Å²) in [5, 5.41) is 21.0. The second-order valence-corrected chi connectivity index (χ2v) is 4.07. The number of nitriles is 1. The Morgan fingerprint density at radius 3 is 2.84 bits per heavy atom. The number of hydrogen-bond donors (Lipinski definition) is 2. The van der Waals surface area contributed by atoms with Crippen LogP contribution in [0.5, 0.6) is 0 Å². The predicted molar refractivity (Wildman–Crippen MR) is 70.6 cm³/mol. The number of benzene rings is 1. The minimum atomic E-state index is -1.07. The smallest absolute Gasteiger partial charge is 0.339 e. The van der Waals surface area contributed by atoms with E-state index < -0.39 is 5.97 Å². The first-order chi connectivity index (χ1) is 9.11. The zero-order chi connectivity index (χ0) is 13.8. The van der Waals surface area contributed by atoms with Crippen LogP contribution in [0.3, 0.4) is 0 Å². The highest BCUT2D eigenvalue weighted by Crippen LogP contribution is 2.24. The van der Waals surface area contributed by atoms with E-state index in [9.17, 15) is 4.79 Å². The molecule has 6 heteroatoms. The Bertz CT molecular complexity index is 680. The average molecular weight is 274 g/mol. The fourth-order valence-corrected chi connectivity index (χ4v) is 1.74. The third-order valence-corrected chi connectivity index (χ3v) is 2.73. The van der Waals surface area contributed by atoms with Gasteiger partial charge in [0.2, 0.25) is 0 Å². The maximum Gasteiger partial charge on any atom is 0.339 e. The zero-order valence-corrected chi connectivity index (χ0v) is 10.3. The number of carboxylic acid groups (broad SMARTS) is 1. The lowest BCUT2D eigenvalue weighted by Gasteiger charge is -2.09. The van der Waals surface area contributed by atoms with Crippen molar-refractivity contribution in [2.24, 2.45) is 0 Å². The van der Waals surface area contributed by atoms with Gasteiger partial charge in [-0.15, -0.1) is 0 Å². The van der Waals surface area contributed by atoms with E-state index in [1.807, 2.05) is 6.07 Å². The van der Waals surface area contributed by atoms with Crippen LogP contribution in [0.2, 0.25) is 5.02 Å². The summed E-state index contributed by atoms with van der Waals surface area (Å²) in [5.74, 6) is -1.07. The van der Waals surface area contributed by atoms with Crippen molar-refractivity contribution in [3.63, 3.8) is 0 Å². The van der Waals surface area contributed by atoms with Crippen LogP contribution in [-0.4, -0.2) is 16.1 Å². The molecular weight excluding hydrogens is 266 g/mol. The van der Waals surface area contributed by atoms with E-state index >= 15 is 0 Å². The van der Waals surface area contributed by atoms with Gasteiger partial charge in [-0.25, -0.2) is 4.79 Å². The standard InChI is InChI=1S/C13H8ClN3O2/c14-11-5-9(2-1-8(11)6-15)17-12-3-4-16-7-10(12)13(18)19/h1-5,7H,(H,16,17)(H,18,19). The summed E-state index contributed by atoms with van der Waals surface area (Å²) in [6.45, 7) is 0. The van der Waals surface area contributed by atoms with Crippen LogP contribution in [0.4, 0.5) is 11.4 Å². The number of aromatic nitrogens is 1. The second-order valence-electron chi connectivity index (χ2n) is 3.66. The molecule has 0 aliphatic carbocycles. The number of nitrogens with one attached hydrogen (secondary N) is 1. The van der Waals surface area contributed by atoms with Crippen molar-refractivity contribution in [2.75, 3.05) is 5.32 Å². The first-order valence-electron chi connectivity index (χ1n) is 5.26. The van der Waals surface area contributed by atoms with Gasteiger partial charge in [0.25, 0.3) is 0 Å². The Hall–Kier alpha value is -2.58. The Balaban J connectivity index is 2.34. The van der Waals surface area contributed by atoms with E-state index in [1.54, 1.807) is 24.3 Å². The Kier molecular flexibility index (Phi) is 3.64. The number of aromatic carboxylic acids is 1. The second kappa shape index (κ2) is 5.38. The number of anilines is 2. The van der Waals surface area contributed by atoms with Gasteiger partial charge in [0.15, 0.2) is 0 Å². The fourth-order valence-electron chi connectivity index (χ4n) is 1.51. The summed E-state index contributed by atoms with van der Waals surface area (Å²) in [5.41, 5.74) is 1.42. The molecule has 2 N–H and O–H groups in total. The maximum absolute atomic E-state index is 11.0. The van der Waals surface area contributed by atoms with Gasteiger partial charge in [0.05, 0.1) is 16.3 Å². The molecule has 0 saturated heterocycles. The molecule has 5 nitrogen and oxygen atoms in total. The molecule has 0 amide bonds. The van der Waals surface area contributed by atoms with Crippen molar-refractivity contribution < 1.29 is 9.90 Å². The van der Waals surface area contributed by atoms with E-state index in [-0.39, 0.29) is 5.56 Å². The molecule has 2 rings (SSSR count). The minimum Gasteiger partial charge on any atom is -0.478 e. The SMILES string of the molecule is N#Cc1ccc(Nc2ccncc2C(=O)O)cc1Cl. The molecule has 94 valence electrons. The molecule has 0 aliphatic rings. The molecular formula is C13H8ClN3O2. The van der Waals surface area contributed by atoms with E-state index in [0.717, 1.165) is 0 Å². The lowest BCUT2D eigenvalue weighted by molar-refractivity contribution is 0.0697. The molecule has 0 radical (unpaired) electrons. The number of nitrogens with zero attached hydrogens (tertiary/aromatic N) is 2. The fraction of sp³-hybridized carbons (Fsp3) is 0. The summed E-state index contributed by atoms with van der Waals surface area (Å²) >= 11 is 5.91. The molecule has 19 heavy (non-hydrogen) atoms. The molecule has 1 aromatic heterocycles. The molecule has 0 atom stereocenters. The Morgan fingerprint density at radius 2 is 2.21 bits per heavy atom. The highest BCUT2D eigenvalue weighted by molar-refractivity contribution is 6.32. The molecule has 0 spiro atoms. The first kappa shape index (κ1) is 12.9. The molecule has 1 aromatic carbocycles. The van der Waals surface area contributed by atoms with Gasteiger partial charge in [-0.3, -0.25) is 4.98 Å². The summed E-state index contributed by atoms with van der Waals surface area (Å²) in [6.07, 6.45) is 2.75. The van der Waals surface area contributed by atoms with Crippen LogP contribution in [-0.2, 0) is 0 Å². The molecule has 0 bridgehead atoms. The van der Waals surface area contributed by atoms with Crippen molar-refractivity contribution in [3.05, 3.63) is 52.8 Å². The van der Waals surface area contributed by atoms with Gasteiger partial charge in [0.1, 0.15) is 11.6 Å². The highest BCUT2D eigenvalue weighted by Gasteiger charge is 2.10. The molecule has 0 saturated carbocycles. The average Bonchev–Trinajstić information content (AvgIpc) is 2.39. The molecule has 2 aromatic rings. The number of hydrogen-bond acceptors (Lipinski definition) is 4. The van der Waals surface area contributed by atoms with Gasteiger partial charge in [0, 0.05) is 18.1 Å². The van der Waals surface area contributed by atoms with Crippen molar-refractivity contribution in [1.29, 1.82) is 5.26 Å².